The van der Waals surface area contributed by atoms with Crippen LogP contribution in [-0.2, 0) is 9.59 Å². The Hall–Kier alpha value is -1.27. The van der Waals surface area contributed by atoms with Crippen molar-refractivity contribution in [2.75, 3.05) is 5.32 Å². The van der Waals surface area contributed by atoms with Crippen molar-refractivity contribution in [1.82, 2.24) is 4.98 Å². The second-order valence-electron chi connectivity index (χ2n) is 7.16. The molecule has 1 aromatic carbocycles. The summed E-state index contributed by atoms with van der Waals surface area (Å²) in [5.41, 5.74) is -0.367. The number of carbonyl (C=O) groups excluding carboxylic acids is 2. The van der Waals surface area contributed by atoms with Gasteiger partial charge >= 0.3 is 0 Å². The molecule has 2 aliphatic carbocycles. The molecule has 2 bridgehead atoms. The third kappa shape index (κ3) is 2.11. The number of rotatable bonds is 2. The summed E-state index contributed by atoms with van der Waals surface area (Å²) < 4.78 is 1.99. The average Bonchev–Trinajstić information content (AvgIpc) is 3.13. The maximum atomic E-state index is 12.9. The molecule has 2 saturated carbocycles. The Balaban J connectivity index is 1.63. The second kappa shape index (κ2) is 4.86. The molecule has 23 heavy (non-hydrogen) atoms. The molecule has 0 saturated heterocycles. The SMILES string of the molecule is CC1(C)C(=O)C2(C(=O)Nc3nc4ccc(Br)cc4s3)CCC1C2. The van der Waals surface area contributed by atoms with E-state index in [1.165, 1.54) is 11.3 Å². The van der Waals surface area contributed by atoms with E-state index in [0.29, 0.717) is 23.9 Å². The predicted octanol–water partition coefficient (Wildman–Crippen LogP) is 4.39. The third-order valence-electron chi connectivity index (χ3n) is 5.56. The van der Waals surface area contributed by atoms with E-state index in [2.05, 4.69) is 26.2 Å². The Kier molecular flexibility index (Phi) is 3.23. The molecule has 0 radical (unpaired) electrons. The summed E-state index contributed by atoms with van der Waals surface area (Å²) in [5.74, 6) is 0.253. The number of aromatic nitrogens is 1. The monoisotopic (exact) mass is 392 g/mol. The number of thiazole rings is 1. The molecule has 6 heteroatoms. The van der Waals surface area contributed by atoms with Crippen LogP contribution in [0.3, 0.4) is 0 Å². The first-order chi connectivity index (χ1) is 10.8. The molecule has 4 nitrogen and oxygen atoms in total. The van der Waals surface area contributed by atoms with Crippen LogP contribution in [0.5, 0.6) is 0 Å². The lowest BCUT2D eigenvalue weighted by atomic mass is 9.70. The minimum absolute atomic E-state index is 0.0996. The Labute approximate surface area is 146 Å². The highest BCUT2D eigenvalue weighted by atomic mass is 79.9. The van der Waals surface area contributed by atoms with Crippen LogP contribution in [0.25, 0.3) is 10.2 Å². The van der Waals surface area contributed by atoms with Gasteiger partial charge in [0, 0.05) is 9.89 Å². The van der Waals surface area contributed by atoms with Crippen molar-refractivity contribution in [1.29, 1.82) is 0 Å². The van der Waals surface area contributed by atoms with Crippen molar-refractivity contribution in [2.24, 2.45) is 16.7 Å². The topological polar surface area (TPSA) is 59.1 Å². The number of benzene rings is 1. The zero-order valence-corrected chi connectivity index (χ0v) is 15.4. The molecule has 1 aromatic heterocycles. The molecule has 120 valence electrons. The van der Waals surface area contributed by atoms with Gasteiger partial charge in [-0.05, 0) is 43.4 Å². The van der Waals surface area contributed by atoms with Gasteiger partial charge in [-0.2, -0.15) is 0 Å². The number of anilines is 1. The molecule has 2 aromatic rings. The van der Waals surface area contributed by atoms with Crippen molar-refractivity contribution in [3.05, 3.63) is 22.7 Å². The van der Waals surface area contributed by atoms with Gasteiger partial charge in [-0.3, -0.25) is 9.59 Å². The zero-order valence-electron chi connectivity index (χ0n) is 13.0. The number of halogens is 1. The Morgan fingerprint density at radius 2 is 2.22 bits per heavy atom. The summed E-state index contributed by atoms with van der Waals surface area (Å²) in [6, 6.07) is 5.83. The zero-order chi connectivity index (χ0) is 16.4. The summed E-state index contributed by atoms with van der Waals surface area (Å²) in [5, 5.41) is 3.48. The molecule has 2 unspecified atom stereocenters. The summed E-state index contributed by atoms with van der Waals surface area (Å²) in [6.07, 6.45) is 2.31. The van der Waals surface area contributed by atoms with Crippen LogP contribution in [0, 0.1) is 16.7 Å². The average molecular weight is 393 g/mol. The number of fused-ring (bicyclic) bond motifs is 3. The number of carbonyl (C=O) groups is 2. The van der Waals surface area contributed by atoms with Crippen LogP contribution in [0.15, 0.2) is 22.7 Å². The summed E-state index contributed by atoms with van der Waals surface area (Å²) in [6.45, 7) is 3.95. The van der Waals surface area contributed by atoms with Crippen LogP contribution in [-0.4, -0.2) is 16.7 Å². The van der Waals surface area contributed by atoms with Gasteiger partial charge in [0.15, 0.2) is 10.9 Å². The second-order valence-corrected chi connectivity index (χ2v) is 9.10. The van der Waals surface area contributed by atoms with Gasteiger partial charge in [-0.15, -0.1) is 0 Å². The van der Waals surface area contributed by atoms with Crippen LogP contribution >= 0.6 is 27.3 Å². The number of nitrogens with zero attached hydrogens (tertiary/aromatic N) is 1. The van der Waals surface area contributed by atoms with Crippen LogP contribution in [0.4, 0.5) is 5.13 Å². The van der Waals surface area contributed by atoms with Crippen molar-refractivity contribution in [3.63, 3.8) is 0 Å². The molecule has 0 spiro atoms. The fourth-order valence-corrected chi connectivity index (χ4v) is 5.56. The maximum Gasteiger partial charge on any atom is 0.239 e. The molecular formula is C17H17BrN2O2S. The number of amides is 1. The predicted molar refractivity (Wildman–Crippen MR) is 94.5 cm³/mol. The first-order valence-electron chi connectivity index (χ1n) is 7.75. The first kappa shape index (κ1) is 15.3. The van der Waals surface area contributed by atoms with Gasteiger partial charge in [0.1, 0.15) is 5.41 Å². The van der Waals surface area contributed by atoms with Gasteiger partial charge in [0.25, 0.3) is 0 Å². The Morgan fingerprint density at radius 1 is 1.43 bits per heavy atom. The number of hydrogen-bond donors (Lipinski definition) is 1. The van der Waals surface area contributed by atoms with Gasteiger partial charge in [-0.1, -0.05) is 41.1 Å². The Morgan fingerprint density at radius 3 is 2.91 bits per heavy atom. The minimum atomic E-state index is -0.841. The van der Waals surface area contributed by atoms with Crippen molar-refractivity contribution < 1.29 is 9.59 Å². The van der Waals surface area contributed by atoms with Crippen LogP contribution in [0.1, 0.15) is 33.1 Å². The first-order valence-corrected chi connectivity index (χ1v) is 9.36. The molecule has 2 atom stereocenters. The summed E-state index contributed by atoms with van der Waals surface area (Å²) in [7, 11) is 0. The van der Waals surface area contributed by atoms with E-state index in [9.17, 15) is 9.59 Å². The van der Waals surface area contributed by atoms with Crippen LogP contribution < -0.4 is 5.32 Å². The molecule has 2 aliphatic rings. The number of hydrogen-bond acceptors (Lipinski definition) is 4. The standard InChI is InChI=1S/C17H17BrN2O2S/c1-16(2)9-5-6-17(8-9,13(16)21)14(22)20-15-19-11-4-3-10(18)7-12(11)23-15/h3-4,7,9H,5-6,8H2,1-2H3,(H,19,20,22). The van der Waals surface area contributed by atoms with E-state index in [-0.39, 0.29) is 17.1 Å². The van der Waals surface area contributed by atoms with Crippen molar-refractivity contribution in [2.45, 2.75) is 33.1 Å². The van der Waals surface area contributed by atoms with E-state index < -0.39 is 5.41 Å². The molecule has 1 N–H and O–H groups in total. The van der Waals surface area contributed by atoms with Gasteiger partial charge < -0.3 is 5.32 Å². The molecule has 4 rings (SSSR count). The molecule has 0 aliphatic heterocycles. The van der Waals surface area contributed by atoms with Crippen molar-refractivity contribution >= 4 is 54.3 Å². The third-order valence-corrected chi connectivity index (χ3v) is 6.99. The number of nitrogens with one attached hydrogen (secondary N) is 1. The highest BCUT2D eigenvalue weighted by Gasteiger charge is 2.65. The lowest BCUT2D eigenvalue weighted by molar-refractivity contribution is -0.142. The van der Waals surface area contributed by atoms with E-state index in [1.807, 2.05) is 32.0 Å². The quantitative estimate of drug-likeness (QED) is 0.770. The van der Waals surface area contributed by atoms with Gasteiger partial charge in [0.05, 0.1) is 10.2 Å². The molecule has 1 amide bonds. The lowest BCUT2D eigenvalue weighted by Gasteiger charge is -2.32. The number of Topliss-reactive ketones (excluding diaryl/α,β-unsaturated/α-hetero) is 1. The molecule has 2 fully saturated rings. The Bertz CT molecular complexity index is 844. The molecular weight excluding hydrogens is 376 g/mol. The fraction of sp³-hybridized carbons (Fsp3) is 0.471. The van der Waals surface area contributed by atoms with Crippen molar-refractivity contribution in [3.8, 4) is 0 Å². The van der Waals surface area contributed by atoms with Gasteiger partial charge in [-0.25, -0.2) is 4.98 Å². The van der Waals surface area contributed by atoms with Gasteiger partial charge in [0.2, 0.25) is 5.91 Å². The fourth-order valence-electron chi connectivity index (χ4n) is 4.15. The van der Waals surface area contributed by atoms with E-state index in [4.69, 9.17) is 0 Å². The summed E-state index contributed by atoms with van der Waals surface area (Å²) >= 11 is 4.88. The van der Waals surface area contributed by atoms with E-state index in [0.717, 1.165) is 21.1 Å². The minimum Gasteiger partial charge on any atom is -0.301 e. The summed E-state index contributed by atoms with van der Waals surface area (Å²) in [4.78, 5) is 30.1. The maximum absolute atomic E-state index is 12.9. The highest BCUT2D eigenvalue weighted by Crippen LogP contribution is 2.60. The lowest BCUT2D eigenvalue weighted by Crippen LogP contribution is -2.44. The smallest absolute Gasteiger partial charge is 0.239 e. The number of ketones is 1. The highest BCUT2D eigenvalue weighted by molar-refractivity contribution is 9.10. The van der Waals surface area contributed by atoms with Crippen LogP contribution in [0.2, 0.25) is 0 Å². The normalized spacial score (nSPS) is 28.5. The van der Waals surface area contributed by atoms with E-state index >= 15 is 0 Å². The molecule has 1 heterocycles. The van der Waals surface area contributed by atoms with E-state index in [1.54, 1.807) is 0 Å². The largest absolute Gasteiger partial charge is 0.301 e.